The van der Waals surface area contributed by atoms with Crippen LogP contribution in [-0.2, 0) is 20.3 Å². The van der Waals surface area contributed by atoms with Gasteiger partial charge in [0.25, 0.3) is 5.88 Å². The van der Waals surface area contributed by atoms with E-state index in [9.17, 15) is 21.6 Å². The van der Waals surface area contributed by atoms with Crippen molar-refractivity contribution < 1.29 is 34.9 Å². The number of benzene rings is 1. The zero-order valence-corrected chi connectivity index (χ0v) is 14.0. The van der Waals surface area contributed by atoms with Crippen LogP contribution in [0.25, 0.3) is 22.1 Å². The van der Waals surface area contributed by atoms with E-state index < -0.39 is 26.9 Å². The van der Waals surface area contributed by atoms with Crippen molar-refractivity contribution in [1.82, 2.24) is 9.97 Å². The summed E-state index contributed by atoms with van der Waals surface area (Å²) in [4.78, 5) is 8.27. The van der Waals surface area contributed by atoms with Gasteiger partial charge in [0.15, 0.2) is 0 Å². The highest BCUT2D eigenvalue weighted by Crippen LogP contribution is 2.38. The summed E-state index contributed by atoms with van der Waals surface area (Å²) in [5.41, 5.74) is -6.04. The van der Waals surface area contributed by atoms with Crippen molar-refractivity contribution in [3.05, 3.63) is 30.1 Å². The van der Waals surface area contributed by atoms with E-state index in [1.54, 1.807) is 31.2 Å². The molecule has 0 radical (unpaired) electrons. The lowest BCUT2D eigenvalue weighted by Gasteiger charge is -2.36. The molecule has 1 saturated heterocycles. The van der Waals surface area contributed by atoms with Crippen molar-refractivity contribution in [3.8, 4) is 5.88 Å². The Hall–Kier alpha value is -2.40. The van der Waals surface area contributed by atoms with E-state index in [4.69, 9.17) is 9.15 Å². The molecule has 0 atom stereocenters. The highest BCUT2D eigenvalue weighted by atomic mass is 32.2. The second-order valence-electron chi connectivity index (χ2n) is 6.16. The molecule has 0 spiro atoms. The number of nitrogens with zero attached hydrogens (tertiary/aromatic N) is 2. The van der Waals surface area contributed by atoms with Crippen LogP contribution < -0.4 is 4.18 Å². The van der Waals surface area contributed by atoms with Gasteiger partial charge in [-0.25, -0.2) is 4.98 Å². The van der Waals surface area contributed by atoms with E-state index in [0.717, 1.165) is 0 Å². The predicted molar refractivity (Wildman–Crippen MR) is 83.1 cm³/mol. The van der Waals surface area contributed by atoms with E-state index >= 15 is 0 Å². The molecule has 0 bridgehead atoms. The third-order valence-corrected chi connectivity index (χ3v) is 4.99. The number of furan rings is 1. The summed E-state index contributed by atoms with van der Waals surface area (Å²) in [5, 5.41) is 0.504. The second-order valence-corrected chi connectivity index (χ2v) is 7.70. The molecule has 0 saturated carbocycles. The van der Waals surface area contributed by atoms with Crippen LogP contribution in [0.5, 0.6) is 5.88 Å². The molecular weight excluding hydrogens is 377 g/mol. The van der Waals surface area contributed by atoms with E-state index in [1.807, 2.05) is 0 Å². The molecule has 0 amide bonds. The van der Waals surface area contributed by atoms with E-state index in [-0.39, 0.29) is 30.1 Å². The quantitative estimate of drug-likeness (QED) is 0.503. The van der Waals surface area contributed by atoms with Crippen LogP contribution in [0.4, 0.5) is 13.2 Å². The van der Waals surface area contributed by atoms with Crippen LogP contribution in [-0.4, -0.2) is 37.1 Å². The van der Waals surface area contributed by atoms with Crippen molar-refractivity contribution in [2.24, 2.45) is 0 Å². The zero-order chi connectivity index (χ0) is 18.7. The molecular formula is C15H11F3N2O5S. The van der Waals surface area contributed by atoms with Crippen LogP contribution >= 0.6 is 0 Å². The second kappa shape index (κ2) is 5.30. The molecule has 0 unspecified atom stereocenters. The van der Waals surface area contributed by atoms with Crippen LogP contribution in [0.15, 0.2) is 28.7 Å². The maximum atomic E-state index is 12.7. The van der Waals surface area contributed by atoms with Gasteiger partial charge in [0, 0.05) is 5.39 Å². The number of alkyl halides is 3. The number of hydrogen-bond acceptors (Lipinski definition) is 7. The summed E-state index contributed by atoms with van der Waals surface area (Å²) in [6.07, 6.45) is 0. The predicted octanol–water partition coefficient (Wildman–Crippen LogP) is 2.89. The Kier molecular flexibility index (Phi) is 3.47. The van der Waals surface area contributed by atoms with Gasteiger partial charge in [-0.15, -0.1) is 0 Å². The maximum absolute atomic E-state index is 12.7. The Bertz CT molecular complexity index is 1120. The zero-order valence-electron chi connectivity index (χ0n) is 13.2. The van der Waals surface area contributed by atoms with Gasteiger partial charge in [-0.2, -0.15) is 26.6 Å². The van der Waals surface area contributed by atoms with Gasteiger partial charge in [-0.05, 0) is 19.1 Å². The number of hydrogen-bond donors (Lipinski definition) is 0. The Balaban J connectivity index is 1.98. The first-order chi connectivity index (χ1) is 12.1. The first-order valence-electron chi connectivity index (χ1n) is 7.39. The number of halogens is 3. The molecule has 4 rings (SSSR count). The molecule has 2 aromatic heterocycles. The van der Waals surface area contributed by atoms with Crippen LogP contribution in [0.1, 0.15) is 12.7 Å². The van der Waals surface area contributed by atoms with Gasteiger partial charge in [0.1, 0.15) is 16.9 Å². The van der Waals surface area contributed by atoms with Crippen molar-refractivity contribution >= 4 is 32.2 Å². The van der Waals surface area contributed by atoms with Crippen molar-refractivity contribution in [1.29, 1.82) is 0 Å². The monoisotopic (exact) mass is 388 g/mol. The smallest absolute Gasteiger partial charge is 0.449 e. The lowest BCUT2D eigenvalue weighted by molar-refractivity contribution is -0.0547. The average Bonchev–Trinajstić information content (AvgIpc) is 2.90. The summed E-state index contributed by atoms with van der Waals surface area (Å²) in [6.45, 7) is 2.25. The fourth-order valence-corrected chi connectivity index (χ4v) is 3.00. The number of rotatable bonds is 3. The largest absolute Gasteiger partial charge is 0.534 e. The third-order valence-electron chi connectivity index (χ3n) is 4.04. The fourth-order valence-electron chi connectivity index (χ4n) is 2.58. The van der Waals surface area contributed by atoms with Gasteiger partial charge in [-0.1, -0.05) is 12.1 Å². The van der Waals surface area contributed by atoms with Crippen molar-refractivity contribution in [3.63, 3.8) is 0 Å². The third kappa shape index (κ3) is 2.50. The van der Waals surface area contributed by atoms with Gasteiger partial charge in [-0.3, -0.25) is 0 Å². The van der Waals surface area contributed by atoms with Crippen LogP contribution in [0, 0.1) is 0 Å². The number of para-hydroxylation sites is 1. The van der Waals surface area contributed by atoms with Crippen molar-refractivity contribution in [2.45, 2.75) is 17.8 Å². The Labute approximate surface area is 144 Å². The lowest BCUT2D eigenvalue weighted by Crippen LogP contribution is -2.45. The minimum Gasteiger partial charge on any atom is -0.449 e. The van der Waals surface area contributed by atoms with Gasteiger partial charge in [0.2, 0.25) is 5.58 Å². The van der Waals surface area contributed by atoms with Gasteiger partial charge in [0.05, 0.1) is 18.6 Å². The lowest BCUT2D eigenvalue weighted by atomic mass is 9.87. The molecule has 11 heteroatoms. The topological polar surface area (TPSA) is 91.5 Å². The molecule has 1 aromatic carbocycles. The minimum atomic E-state index is -5.91. The highest BCUT2D eigenvalue weighted by Gasteiger charge is 2.49. The Morgan fingerprint density at radius 1 is 1.19 bits per heavy atom. The number of ether oxygens (including phenoxy) is 1. The number of aromatic nitrogens is 2. The molecule has 3 aromatic rings. The van der Waals surface area contributed by atoms with Crippen LogP contribution in [0.3, 0.4) is 0 Å². The summed E-state index contributed by atoms with van der Waals surface area (Å²) < 4.78 is 75.9. The Morgan fingerprint density at radius 2 is 1.88 bits per heavy atom. The fraction of sp³-hybridized carbons (Fsp3) is 0.333. The first kappa shape index (κ1) is 17.0. The molecule has 1 aliphatic rings. The normalized spacial score (nSPS) is 17.4. The van der Waals surface area contributed by atoms with E-state index in [1.165, 1.54) is 0 Å². The molecule has 138 valence electrons. The molecule has 0 N–H and O–H groups in total. The summed E-state index contributed by atoms with van der Waals surface area (Å²) in [6, 6.07) is 6.58. The summed E-state index contributed by atoms with van der Waals surface area (Å²) >= 11 is 0. The molecule has 3 heterocycles. The van der Waals surface area contributed by atoms with E-state index in [2.05, 4.69) is 14.2 Å². The van der Waals surface area contributed by atoms with E-state index in [0.29, 0.717) is 11.0 Å². The summed E-state index contributed by atoms with van der Waals surface area (Å²) in [7, 11) is -5.91. The molecule has 1 aliphatic heterocycles. The maximum Gasteiger partial charge on any atom is 0.534 e. The van der Waals surface area contributed by atoms with Gasteiger partial charge >= 0.3 is 15.6 Å². The summed E-state index contributed by atoms with van der Waals surface area (Å²) in [5.74, 6) is -0.679. The average molecular weight is 388 g/mol. The van der Waals surface area contributed by atoms with Crippen LogP contribution in [0.2, 0.25) is 0 Å². The molecule has 0 aliphatic carbocycles. The molecule has 7 nitrogen and oxygen atoms in total. The minimum absolute atomic E-state index is 0.121. The van der Waals surface area contributed by atoms with Gasteiger partial charge < -0.3 is 13.3 Å². The molecule has 26 heavy (non-hydrogen) atoms. The Morgan fingerprint density at radius 3 is 2.50 bits per heavy atom. The van der Waals surface area contributed by atoms with Crippen molar-refractivity contribution in [2.75, 3.05) is 13.2 Å². The SMILES string of the molecule is CC1(c2nc(OS(=O)(=O)C(F)(F)F)c3oc4ccccc4c3n2)COC1. The standard InChI is InChI=1S/C15H11F3N2O5S/c1-14(6-23-7-14)13-19-10-8-4-2-3-5-9(8)24-11(10)12(20-13)25-26(21,22)15(16,17)18/h2-5H,6-7H2,1H3. The molecule has 1 fully saturated rings. The highest BCUT2D eigenvalue weighted by molar-refractivity contribution is 7.88. The first-order valence-corrected chi connectivity index (χ1v) is 8.80. The number of fused-ring (bicyclic) bond motifs is 3.